The molecule has 0 unspecified atom stereocenters. The first-order valence-corrected chi connectivity index (χ1v) is 1.41. The summed E-state index contributed by atoms with van der Waals surface area (Å²) in [6, 6.07) is 0. The zero-order valence-corrected chi connectivity index (χ0v) is 4.77. The Labute approximate surface area is 42.5 Å². The van der Waals surface area contributed by atoms with Gasteiger partial charge in [0.2, 0.25) is 0 Å². The Morgan fingerprint density at radius 2 is 1.25 bits per heavy atom. The largest absolute Gasteiger partial charge is 4.00 e. The van der Waals surface area contributed by atoms with Gasteiger partial charge in [-0.1, -0.05) is 20.3 Å². The third-order valence-corrected chi connectivity index (χ3v) is 0. The van der Waals surface area contributed by atoms with E-state index in [-0.39, 0.29) is 21.7 Å². The van der Waals surface area contributed by atoms with E-state index in [0.717, 1.165) is 0 Å². The smallest absolute Gasteiger partial charge is 0.0656 e. The summed E-state index contributed by atoms with van der Waals surface area (Å²) in [4.78, 5) is 0. The van der Waals surface area contributed by atoms with Gasteiger partial charge >= 0.3 is 21.7 Å². The summed E-state index contributed by atoms with van der Waals surface area (Å²) in [5.74, 6) is 0. The molecule has 0 saturated carbocycles. The molecule has 0 rings (SSSR count). The summed E-state index contributed by atoms with van der Waals surface area (Å²) in [5.41, 5.74) is 0. The summed E-state index contributed by atoms with van der Waals surface area (Å²) in [6.07, 6.45) is 1.25. The quantitative estimate of drug-likeness (QED) is 0.396. The number of hydrogen-bond donors (Lipinski definition) is 0. The Morgan fingerprint density at radius 1 is 1.25 bits per heavy atom. The number of rotatable bonds is 0. The Hall–Kier alpha value is 0.714. The van der Waals surface area contributed by atoms with Crippen molar-refractivity contribution in [2.45, 2.75) is 20.3 Å². The van der Waals surface area contributed by atoms with E-state index in [2.05, 4.69) is 13.8 Å². The maximum atomic E-state index is 2.12. The predicted molar refractivity (Wildman–Crippen MR) is 16.0 cm³/mol. The van der Waals surface area contributed by atoms with E-state index in [9.17, 15) is 0 Å². The van der Waals surface area contributed by atoms with Crippen molar-refractivity contribution in [3.05, 3.63) is 0 Å². The molecule has 0 nitrogen and oxygen atoms in total. The second kappa shape index (κ2) is 9.31. The van der Waals surface area contributed by atoms with Gasteiger partial charge in [0.25, 0.3) is 0 Å². The summed E-state index contributed by atoms with van der Waals surface area (Å²) >= 11 is 0. The van der Waals surface area contributed by atoms with Crippen molar-refractivity contribution < 1.29 is 21.7 Å². The van der Waals surface area contributed by atoms with Crippen LogP contribution in [0, 0.1) is 0 Å². The SMILES string of the molecule is CCC.[Ti+4]. The van der Waals surface area contributed by atoms with E-state index >= 15 is 0 Å². The van der Waals surface area contributed by atoms with E-state index in [4.69, 9.17) is 0 Å². The molecule has 0 atom stereocenters. The van der Waals surface area contributed by atoms with Crippen molar-refractivity contribution in [2.75, 3.05) is 0 Å². The van der Waals surface area contributed by atoms with Gasteiger partial charge in [-0.05, 0) is 0 Å². The molecular weight excluding hydrogens is 83.9 g/mol. The maximum Gasteiger partial charge on any atom is 4.00 e. The standard InChI is InChI=1S/C3H8.Ti/c1-3-2;/h3H2,1-2H3;/q;+4. The van der Waals surface area contributed by atoms with Crippen LogP contribution in [0.2, 0.25) is 0 Å². The zero-order chi connectivity index (χ0) is 2.71. The van der Waals surface area contributed by atoms with Crippen molar-refractivity contribution in [2.24, 2.45) is 0 Å². The van der Waals surface area contributed by atoms with Crippen LogP contribution in [0.15, 0.2) is 0 Å². The average molecular weight is 92.0 g/mol. The van der Waals surface area contributed by atoms with Gasteiger partial charge in [-0.3, -0.25) is 0 Å². The first-order chi connectivity index (χ1) is 1.41. The van der Waals surface area contributed by atoms with Crippen LogP contribution < -0.4 is 0 Å². The first-order valence-electron chi connectivity index (χ1n) is 1.41. The third kappa shape index (κ3) is 15.6. The molecule has 0 aromatic heterocycles. The van der Waals surface area contributed by atoms with Crippen LogP contribution >= 0.6 is 0 Å². The summed E-state index contributed by atoms with van der Waals surface area (Å²) < 4.78 is 0. The molecule has 0 spiro atoms. The van der Waals surface area contributed by atoms with E-state index in [1.807, 2.05) is 0 Å². The molecule has 0 aromatic carbocycles. The molecule has 1 heteroatoms. The molecule has 0 aliphatic heterocycles. The van der Waals surface area contributed by atoms with Crippen LogP contribution in [0.3, 0.4) is 0 Å². The average Bonchev–Trinajstić information content (AvgIpc) is 0.918. The molecule has 0 fully saturated rings. The Balaban J connectivity index is 0. The van der Waals surface area contributed by atoms with Crippen molar-refractivity contribution in [3.63, 3.8) is 0 Å². The van der Waals surface area contributed by atoms with Gasteiger partial charge in [0, 0.05) is 0 Å². The predicted octanol–water partition coefficient (Wildman–Crippen LogP) is 1.41. The normalized spacial score (nSPS) is 4.50. The Morgan fingerprint density at radius 3 is 1.25 bits per heavy atom. The van der Waals surface area contributed by atoms with Crippen LogP contribution in [0.5, 0.6) is 0 Å². The maximum absolute atomic E-state index is 2.12. The monoisotopic (exact) mass is 92.0 g/mol. The topological polar surface area (TPSA) is 0 Å². The van der Waals surface area contributed by atoms with E-state index in [1.165, 1.54) is 6.42 Å². The fourth-order valence-corrected chi connectivity index (χ4v) is 0. The molecule has 0 bridgehead atoms. The van der Waals surface area contributed by atoms with Gasteiger partial charge in [0.15, 0.2) is 0 Å². The minimum Gasteiger partial charge on any atom is -0.0656 e. The summed E-state index contributed by atoms with van der Waals surface area (Å²) in [7, 11) is 0. The molecule has 20 valence electrons. The molecular formula is C3H8Ti+4. The van der Waals surface area contributed by atoms with Crippen molar-refractivity contribution in [3.8, 4) is 0 Å². The second-order valence-corrected chi connectivity index (χ2v) is 0.707. The molecule has 0 radical (unpaired) electrons. The Bertz CT molecular complexity index is 3.25. The summed E-state index contributed by atoms with van der Waals surface area (Å²) in [6.45, 7) is 4.25. The van der Waals surface area contributed by atoms with Crippen molar-refractivity contribution in [1.82, 2.24) is 0 Å². The molecule has 0 saturated heterocycles. The van der Waals surface area contributed by atoms with Gasteiger partial charge in [-0.2, -0.15) is 0 Å². The second-order valence-electron chi connectivity index (χ2n) is 0.707. The van der Waals surface area contributed by atoms with Gasteiger partial charge < -0.3 is 0 Å². The van der Waals surface area contributed by atoms with Gasteiger partial charge in [0.05, 0.1) is 0 Å². The first kappa shape index (κ1) is 8.83. The minimum absolute atomic E-state index is 0. The molecule has 0 aliphatic rings. The fourth-order valence-electron chi connectivity index (χ4n) is 0. The fraction of sp³-hybridized carbons (Fsp3) is 1.00. The van der Waals surface area contributed by atoms with Crippen LogP contribution in [-0.4, -0.2) is 0 Å². The minimum atomic E-state index is 0. The summed E-state index contributed by atoms with van der Waals surface area (Å²) in [5, 5.41) is 0. The molecule has 0 amide bonds. The van der Waals surface area contributed by atoms with Crippen LogP contribution in [-0.2, 0) is 21.7 Å². The van der Waals surface area contributed by atoms with Crippen LogP contribution in [0.1, 0.15) is 20.3 Å². The van der Waals surface area contributed by atoms with Crippen molar-refractivity contribution in [1.29, 1.82) is 0 Å². The van der Waals surface area contributed by atoms with E-state index in [0.29, 0.717) is 0 Å². The van der Waals surface area contributed by atoms with Crippen LogP contribution in [0.4, 0.5) is 0 Å². The van der Waals surface area contributed by atoms with Gasteiger partial charge in [-0.25, -0.2) is 0 Å². The molecule has 0 aromatic rings. The van der Waals surface area contributed by atoms with Crippen LogP contribution in [0.25, 0.3) is 0 Å². The Kier molecular flexibility index (Phi) is 20.6. The zero-order valence-electron chi connectivity index (χ0n) is 3.21. The molecule has 0 aliphatic carbocycles. The van der Waals surface area contributed by atoms with Gasteiger partial charge in [-0.15, -0.1) is 0 Å². The van der Waals surface area contributed by atoms with E-state index < -0.39 is 0 Å². The van der Waals surface area contributed by atoms with Gasteiger partial charge in [0.1, 0.15) is 0 Å². The molecule has 0 heterocycles. The third-order valence-electron chi connectivity index (χ3n) is 0. The molecule has 4 heavy (non-hydrogen) atoms. The number of hydrogen-bond acceptors (Lipinski definition) is 0. The molecule has 0 N–H and O–H groups in total. The van der Waals surface area contributed by atoms with Crippen molar-refractivity contribution >= 4 is 0 Å². The van der Waals surface area contributed by atoms with E-state index in [1.54, 1.807) is 0 Å².